The number of carbonyl (C=O) groups is 4. The average Bonchev–Trinajstić information content (AvgIpc) is 3.01. The Bertz CT molecular complexity index is 1600. The summed E-state index contributed by atoms with van der Waals surface area (Å²) >= 11 is 5.88. The summed E-state index contributed by atoms with van der Waals surface area (Å²) in [4.78, 5) is 52.4. The van der Waals surface area contributed by atoms with Crippen LogP contribution in [0.2, 0.25) is 5.02 Å². The Morgan fingerprint density at radius 2 is 1.51 bits per heavy atom. The number of nitrogens with one attached hydrogen (secondary N) is 2. The normalized spacial score (nSPS) is 13.8. The molecule has 0 bridgehead atoms. The number of ketones is 2. The van der Waals surface area contributed by atoms with Crippen LogP contribution in [0.4, 0.5) is 26.3 Å². The van der Waals surface area contributed by atoms with Gasteiger partial charge in [-0.2, -0.15) is 22.0 Å². The van der Waals surface area contributed by atoms with Gasteiger partial charge >= 0.3 is 12.1 Å². The quantitative estimate of drug-likeness (QED) is 0.188. The van der Waals surface area contributed by atoms with Crippen molar-refractivity contribution in [3.8, 4) is 5.75 Å². The maximum absolute atomic E-state index is 15.3. The number of Topliss-reactive ketones (excluding diaryl/α,β-unsaturated/α-hetero) is 2. The van der Waals surface area contributed by atoms with Gasteiger partial charge in [-0.3, -0.25) is 19.2 Å². The number of benzene rings is 3. The summed E-state index contributed by atoms with van der Waals surface area (Å²) < 4.78 is 89.7. The molecule has 0 radical (unpaired) electrons. The lowest BCUT2D eigenvalue weighted by atomic mass is 9.84. The lowest BCUT2D eigenvalue weighted by Crippen LogP contribution is -2.53. The third-order valence-corrected chi connectivity index (χ3v) is 7.68. The predicted molar refractivity (Wildman–Crippen MR) is 160 cm³/mol. The SMILES string of the molecule is COc1ccc([C@H](NC(=O)[C@H](Cc2cccc(F)c2)NC(=O)C(F)(F)c2ccccc2Cl)C(=O)C[C@H](C(=O)C(F)(F)F)C(C)C)cc1. The molecule has 0 aliphatic heterocycles. The Balaban J connectivity index is 2.01. The van der Waals surface area contributed by atoms with E-state index in [9.17, 15) is 36.7 Å². The van der Waals surface area contributed by atoms with E-state index in [1.165, 1.54) is 69.5 Å². The maximum atomic E-state index is 15.3. The lowest BCUT2D eigenvalue weighted by molar-refractivity contribution is -0.177. The van der Waals surface area contributed by atoms with Crippen molar-refractivity contribution >= 4 is 35.0 Å². The van der Waals surface area contributed by atoms with Crippen LogP contribution >= 0.6 is 11.6 Å². The van der Waals surface area contributed by atoms with Crippen molar-refractivity contribution in [3.05, 3.63) is 100 Å². The molecule has 14 heteroatoms. The van der Waals surface area contributed by atoms with Crippen LogP contribution < -0.4 is 15.4 Å². The molecule has 0 saturated heterocycles. The zero-order valence-electron chi connectivity index (χ0n) is 25.3. The van der Waals surface area contributed by atoms with E-state index in [0.717, 1.165) is 24.3 Å². The summed E-state index contributed by atoms with van der Waals surface area (Å²) in [5.74, 6) is -13.6. The third-order valence-electron chi connectivity index (χ3n) is 7.35. The van der Waals surface area contributed by atoms with Crippen LogP contribution in [0, 0.1) is 17.7 Å². The number of alkyl halides is 5. The standard InChI is InChI=1S/C33H31ClF6N2O5/c1-18(2)23(29(44)33(38,39)40)17-27(43)28(20-11-13-22(47-3)14-12-20)42-30(45)26(16-19-7-6-8-21(35)15-19)41-31(46)32(36,37)24-9-4-5-10-25(24)34/h4-15,18,23,26,28H,16-17H2,1-3H3,(H,41,46)(H,42,45)/t23-,26-,28-/m0/s1. The number of ether oxygens (including phenoxy) is 1. The molecule has 0 fully saturated rings. The summed E-state index contributed by atoms with van der Waals surface area (Å²) in [5.41, 5.74) is -0.692. The average molecular weight is 685 g/mol. The molecule has 0 heterocycles. The molecular formula is C33H31ClF6N2O5. The lowest BCUT2D eigenvalue weighted by Gasteiger charge is -2.27. The van der Waals surface area contributed by atoms with Gasteiger partial charge in [0, 0.05) is 24.3 Å². The van der Waals surface area contributed by atoms with Gasteiger partial charge in [0.1, 0.15) is 23.7 Å². The molecular weight excluding hydrogens is 654 g/mol. The van der Waals surface area contributed by atoms with E-state index in [0.29, 0.717) is 5.75 Å². The zero-order valence-corrected chi connectivity index (χ0v) is 26.1. The number of rotatable bonds is 14. The molecule has 2 amide bonds. The van der Waals surface area contributed by atoms with Crippen molar-refractivity contribution in [2.24, 2.45) is 11.8 Å². The molecule has 0 aromatic heterocycles. The fourth-order valence-electron chi connectivity index (χ4n) is 4.76. The van der Waals surface area contributed by atoms with E-state index in [4.69, 9.17) is 16.3 Å². The molecule has 47 heavy (non-hydrogen) atoms. The van der Waals surface area contributed by atoms with Gasteiger partial charge in [-0.1, -0.05) is 67.9 Å². The first-order valence-corrected chi connectivity index (χ1v) is 14.6. The van der Waals surface area contributed by atoms with Gasteiger partial charge in [0.15, 0.2) is 5.78 Å². The van der Waals surface area contributed by atoms with Gasteiger partial charge < -0.3 is 15.4 Å². The summed E-state index contributed by atoms with van der Waals surface area (Å²) in [5, 5.41) is 3.85. The van der Waals surface area contributed by atoms with Crippen LogP contribution in [0.25, 0.3) is 0 Å². The molecule has 0 saturated carbocycles. The van der Waals surface area contributed by atoms with Crippen molar-refractivity contribution in [2.75, 3.05) is 7.11 Å². The first-order valence-electron chi connectivity index (χ1n) is 14.2. The minimum absolute atomic E-state index is 0.0587. The molecule has 3 rings (SSSR count). The molecule has 3 atom stereocenters. The second-order valence-electron chi connectivity index (χ2n) is 11.0. The third kappa shape index (κ3) is 9.57. The Labute approximate surface area is 271 Å². The number of methoxy groups -OCH3 is 1. The van der Waals surface area contributed by atoms with Crippen molar-refractivity contribution in [1.29, 1.82) is 0 Å². The largest absolute Gasteiger partial charge is 0.497 e. The van der Waals surface area contributed by atoms with Crippen molar-refractivity contribution in [1.82, 2.24) is 10.6 Å². The topological polar surface area (TPSA) is 102 Å². The van der Waals surface area contributed by atoms with E-state index in [1.54, 1.807) is 0 Å². The van der Waals surface area contributed by atoms with Gasteiger partial charge in [-0.15, -0.1) is 0 Å². The number of halogens is 7. The smallest absolute Gasteiger partial charge is 0.450 e. The first-order chi connectivity index (χ1) is 21.9. The maximum Gasteiger partial charge on any atom is 0.450 e. The summed E-state index contributed by atoms with van der Waals surface area (Å²) in [7, 11) is 1.35. The van der Waals surface area contributed by atoms with Gasteiger partial charge in [0.05, 0.1) is 12.1 Å². The predicted octanol–water partition coefficient (Wildman–Crippen LogP) is 6.53. The van der Waals surface area contributed by atoms with Crippen LogP contribution in [0.3, 0.4) is 0 Å². The number of amides is 2. The minimum atomic E-state index is -5.23. The molecule has 3 aromatic carbocycles. The Hall–Kier alpha value is -4.39. The first kappa shape index (κ1) is 37.1. The fraction of sp³-hybridized carbons (Fsp3) is 0.333. The van der Waals surface area contributed by atoms with E-state index in [2.05, 4.69) is 5.32 Å². The molecule has 0 aliphatic carbocycles. The van der Waals surface area contributed by atoms with E-state index in [1.807, 2.05) is 5.32 Å². The van der Waals surface area contributed by atoms with Gasteiger partial charge in [-0.05, 0) is 47.4 Å². The Morgan fingerprint density at radius 1 is 0.872 bits per heavy atom. The summed E-state index contributed by atoms with van der Waals surface area (Å²) in [6.45, 7) is 2.65. The van der Waals surface area contributed by atoms with Gasteiger partial charge in [0.25, 0.3) is 5.91 Å². The molecule has 0 aliphatic rings. The van der Waals surface area contributed by atoms with Crippen molar-refractivity contribution in [3.63, 3.8) is 0 Å². The van der Waals surface area contributed by atoms with Crippen molar-refractivity contribution in [2.45, 2.75) is 50.9 Å². The monoisotopic (exact) mass is 684 g/mol. The molecule has 0 spiro atoms. The second kappa shape index (κ2) is 15.5. The van der Waals surface area contributed by atoms with Crippen LogP contribution in [-0.2, 0) is 31.5 Å². The molecule has 2 N–H and O–H groups in total. The summed E-state index contributed by atoms with van der Waals surface area (Å²) in [6.07, 6.45) is -6.70. The van der Waals surface area contributed by atoms with Crippen LogP contribution in [0.1, 0.15) is 43.0 Å². The Morgan fingerprint density at radius 3 is 2.06 bits per heavy atom. The van der Waals surface area contributed by atoms with Gasteiger partial charge in [-0.25, -0.2) is 4.39 Å². The van der Waals surface area contributed by atoms with E-state index >= 15 is 8.78 Å². The number of hydrogen-bond donors (Lipinski definition) is 2. The molecule has 7 nitrogen and oxygen atoms in total. The summed E-state index contributed by atoms with van der Waals surface area (Å²) in [6, 6.07) is 11.3. The zero-order chi connectivity index (χ0) is 35.1. The number of hydrogen-bond acceptors (Lipinski definition) is 5. The highest BCUT2D eigenvalue weighted by atomic mass is 35.5. The molecule has 252 valence electrons. The number of carbonyl (C=O) groups excluding carboxylic acids is 4. The van der Waals surface area contributed by atoms with E-state index in [-0.39, 0.29) is 11.1 Å². The highest BCUT2D eigenvalue weighted by molar-refractivity contribution is 6.31. The second-order valence-corrected chi connectivity index (χ2v) is 11.4. The van der Waals surface area contributed by atoms with Crippen LogP contribution in [-0.4, -0.2) is 42.7 Å². The highest BCUT2D eigenvalue weighted by Crippen LogP contribution is 2.34. The highest BCUT2D eigenvalue weighted by Gasteiger charge is 2.46. The van der Waals surface area contributed by atoms with Gasteiger partial charge in [0.2, 0.25) is 11.7 Å². The van der Waals surface area contributed by atoms with Crippen LogP contribution in [0.5, 0.6) is 5.75 Å². The molecule has 0 unspecified atom stereocenters. The fourth-order valence-corrected chi connectivity index (χ4v) is 5.02. The minimum Gasteiger partial charge on any atom is -0.497 e. The van der Waals surface area contributed by atoms with E-state index < -0.39 is 88.6 Å². The molecule has 3 aromatic rings. The van der Waals surface area contributed by atoms with Crippen molar-refractivity contribution < 1.29 is 50.3 Å². The van der Waals surface area contributed by atoms with Crippen LogP contribution in [0.15, 0.2) is 72.8 Å². The Kier molecular flexibility index (Phi) is 12.2.